The third-order valence-electron chi connectivity index (χ3n) is 4.13. The van der Waals surface area contributed by atoms with Gasteiger partial charge < -0.3 is 19.7 Å². The number of nitrogens with one attached hydrogen (secondary N) is 1. The van der Waals surface area contributed by atoms with Gasteiger partial charge in [0.25, 0.3) is 5.91 Å². The first-order valence-corrected chi connectivity index (χ1v) is 8.69. The molecule has 0 bridgehead atoms. The third kappa shape index (κ3) is 4.73. The number of rotatable bonds is 5. The van der Waals surface area contributed by atoms with Crippen LogP contribution in [0.3, 0.4) is 0 Å². The van der Waals surface area contributed by atoms with Gasteiger partial charge in [0, 0.05) is 24.5 Å². The number of amides is 1. The minimum Gasteiger partial charge on any atom is -0.481 e. The molecule has 0 aromatic heterocycles. The molecule has 2 atom stereocenters. The van der Waals surface area contributed by atoms with E-state index < -0.39 is 5.82 Å². The Bertz CT molecular complexity index is 741. The Labute approximate surface area is 152 Å². The van der Waals surface area contributed by atoms with E-state index in [4.69, 9.17) is 9.47 Å². The summed E-state index contributed by atoms with van der Waals surface area (Å²) in [4.78, 5) is 14.3. The smallest absolute Gasteiger partial charge is 0.262 e. The maximum Gasteiger partial charge on any atom is 0.262 e. The first-order valence-electron chi connectivity index (χ1n) is 8.69. The van der Waals surface area contributed by atoms with E-state index in [2.05, 4.69) is 24.1 Å². The molecule has 1 amide bonds. The van der Waals surface area contributed by atoms with Crippen LogP contribution in [0, 0.1) is 5.82 Å². The minimum atomic E-state index is -0.487. The van der Waals surface area contributed by atoms with Crippen molar-refractivity contribution in [3.8, 4) is 5.75 Å². The van der Waals surface area contributed by atoms with Crippen molar-refractivity contribution in [2.24, 2.45) is 0 Å². The topological polar surface area (TPSA) is 50.8 Å². The number of hydrogen-bond donors (Lipinski definition) is 1. The maximum atomic E-state index is 13.5. The van der Waals surface area contributed by atoms with Crippen LogP contribution in [0.15, 0.2) is 48.5 Å². The molecule has 2 aromatic carbocycles. The summed E-state index contributed by atoms with van der Waals surface area (Å²) in [6, 6.07) is 13.6. The van der Waals surface area contributed by atoms with Crippen LogP contribution in [-0.2, 0) is 9.53 Å². The molecule has 1 saturated heterocycles. The van der Waals surface area contributed by atoms with Gasteiger partial charge in [-0.1, -0.05) is 12.1 Å². The fourth-order valence-electron chi connectivity index (χ4n) is 3.05. The van der Waals surface area contributed by atoms with E-state index >= 15 is 0 Å². The Morgan fingerprint density at radius 3 is 2.46 bits per heavy atom. The van der Waals surface area contributed by atoms with Crippen LogP contribution in [0.4, 0.5) is 15.8 Å². The normalized spacial score (nSPS) is 19.9. The average molecular weight is 358 g/mol. The van der Waals surface area contributed by atoms with Crippen LogP contribution in [0.1, 0.15) is 13.8 Å². The molecule has 6 heteroatoms. The second-order valence-electron chi connectivity index (χ2n) is 6.48. The highest BCUT2D eigenvalue weighted by Crippen LogP contribution is 2.22. The summed E-state index contributed by atoms with van der Waals surface area (Å²) >= 11 is 0. The number of ether oxygens (including phenoxy) is 2. The second-order valence-corrected chi connectivity index (χ2v) is 6.48. The monoisotopic (exact) mass is 358 g/mol. The molecule has 1 aliphatic heterocycles. The summed E-state index contributed by atoms with van der Waals surface area (Å²) in [5.41, 5.74) is 1.76. The van der Waals surface area contributed by atoms with Crippen molar-refractivity contribution in [3.05, 3.63) is 54.3 Å². The molecule has 0 spiro atoms. The predicted molar refractivity (Wildman–Crippen MR) is 99.2 cm³/mol. The van der Waals surface area contributed by atoms with Crippen LogP contribution in [-0.4, -0.2) is 37.8 Å². The number of carbonyl (C=O) groups excluding carboxylic acids is 1. The number of hydrogen-bond acceptors (Lipinski definition) is 4. The molecule has 0 radical (unpaired) electrons. The lowest BCUT2D eigenvalue weighted by Gasteiger charge is -2.36. The Hall–Kier alpha value is -2.60. The van der Waals surface area contributed by atoms with Crippen molar-refractivity contribution in [3.63, 3.8) is 0 Å². The molecule has 2 unspecified atom stereocenters. The first kappa shape index (κ1) is 18.2. The van der Waals surface area contributed by atoms with Gasteiger partial charge in [-0.2, -0.15) is 0 Å². The van der Waals surface area contributed by atoms with Crippen molar-refractivity contribution in [2.75, 3.05) is 29.9 Å². The Morgan fingerprint density at radius 2 is 1.81 bits per heavy atom. The molecule has 5 nitrogen and oxygen atoms in total. The number of morpholine rings is 1. The van der Waals surface area contributed by atoms with E-state index in [9.17, 15) is 9.18 Å². The highest BCUT2D eigenvalue weighted by molar-refractivity contribution is 5.92. The molecule has 2 aromatic rings. The van der Waals surface area contributed by atoms with Gasteiger partial charge in [-0.05, 0) is 50.2 Å². The number of carbonyl (C=O) groups is 1. The molecule has 1 fully saturated rings. The molecule has 26 heavy (non-hydrogen) atoms. The van der Waals surface area contributed by atoms with Crippen molar-refractivity contribution in [2.45, 2.75) is 26.1 Å². The van der Waals surface area contributed by atoms with Gasteiger partial charge >= 0.3 is 0 Å². The minimum absolute atomic E-state index is 0.0635. The SMILES string of the molecule is CC1CN(c2ccc(NC(=O)COc3ccccc3F)cc2)CC(C)O1. The Balaban J connectivity index is 1.54. The predicted octanol–water partition coefficient (Wildman–Crippen LogP) is 3.46. The molecule has 1 aliphatic rings. The van der Waals surface area contributed by atoms with Crippen LogP contribution in [0.2, 0.25) is 0 Å². The molecule has 0 saturated carbocycles. The highest BCUT2D eigenvalue weighted by Gasteiger charge is 2.22. The van der Waals surface area contributed by atoms with Crippen LogP contribution in [0.25, 0.3) is 0 Å². The standard InChI is InChI=1S/C20H23FN2O3/c1-14-11-23(12-15(2)26-14)17-9-7-16(8-10-17)22-20(24)13-25-19-6-4-3-5-18(19)21/h3-10,14-15H,11-13H2,1-2H3,(H,22,24). The summed E-state index contributed by atoms with van der Waals surface area (Å²) in [5, 5.41) is 2.75. The van der Waals surface area contributed by atoms with E-state index in [0.717, 1.165) is 18.8 Å². The number of nitrogens with zero attached hydrogens (tertiary/aromatic N) is 1. The van der Waals surface area contributed by atoms with E-state index in [1.807, 2.05) is 24.3 Å². The van der Waals surface area contributed by atoms with Crippen LogP contribution < -0.4 is 15.0 Å². The fraction of sp³-hybridized carbons (Fsp3) is 0.350. The molecular weight excluding hydrogens is 335 g/mol. The maximum absolute atomic E-state index is 13.5. The van der Waals surface area contributed by atoms with Crippen LogP contribution in [0.5, 0.6) is 5.75 Å². The van der Waals surface area contributed by atoms with Crippen molar-refractivity contribution >= 4 is 17.3 Å². The second kappa shape index (κ2) is 8.19. The number of para-hydroxylation sites is 1. The molecule has 3 rings (SSSR count). The van der Waals surface area contributed by atoms with Gasteiger partial charge in [0.05, 0.1) is 12.2 Å². The van der Waals surface area contributed by atoms with Gasteiger partial charge in [-0.15, -0.1) is 0 Å². The van der Waals surface area contributed by atoms with Crippen molar-refractivity contribution < 1.29 is 18.7 Å². The van der Waals surface area contributed by atoms with E-state index in [1.165, 1.54) is 12.1 Å². The summed E-state index contributed by atoms with van der Waals surface area (Å²) < 4.78 is 24.4. The highest BCUT2D eigenvalue weighted by atomic mass is 19.1. The molecule has 0 aliphatic carbocycles. The zero-order valence-corrected chi connectivity index (χ0v) is 14.9. The Kier molecular flexibility index (Phi) is 5.73. The fourth-order valence-corrected chi connectivity index (χ4v) is 3.05. The zero-order valence-electron chi connectivity index (χ0n) is 14.9. The summed E-state index contributed by atoms with van der Waals surface area (Å²) in [5.74, 6) is -0.762. The summed E-state index contributed by atoms with van der Waals surface area (Å²) in [6.07, 6.45) is 0.377. The number of benzene rings is 2. The lowest BCUT2D eigenvalue weighted by molar-refractivity contribution is -0.118. The largest absolute Gasteiger partial charge is 0.481 e. The number of halogens is 1. The van der Waals surface area contributed by atoms with Crippen LogP contribution >= 0.6 is 0 Å². The van der Waals surface area contributed by atoms with Gasteiger partial charge in [-0.25, -0.2) is 4.39 Å². The zero-order chi connectivity index (χ0) is 18.5. The lowest BCUT2D eigenvalue weighted by atomic mass is 10.2. The van der Waals surface area contributed by atoms with Gasteiger partial charge in [0.15, 0.2) is 18.2 Å². The van der Waals surface area contributed by atoms with E-state index in [0.29, 0.717) is 5.69 Å². The molecular formula is C20H23FN2O3. The molecule has 1 N–H and O–H groups in total. The number of anilines is 2. The van der Waals surface area contributed by atoms with E-state index in [1.54, 1.807) is 12.1 Å². The average Bonchev–Trinajstić information content (AvgIpc) is 2.61. The van der Waals surface area contributed by atoms with Gasteiger partial charge in [0.2, 0.25) is 0 Å². The first-order chi connectivity index (χ1) is 12.5. The molecule has 1 heterocycles. The third-order valence-corrected chi connectivity index (χ3v) is 4.13. The lowest BCUT2D eigenvalue weighted by Crippen LogP contribution is -2.45. The van der Waals surface area contributed by atoms with Gasteiger partial charge in [0.1, 0.15) is 0 Å². The van der Waals surface area contributed by atoms with Crippen molar-refractivity contribution in [1.82, 2.24) is 0 Å². The van der Waals surface area contributed by atoms with Gasteiger partial charge in [-0.3, -0.25) is 4.79 Å². The quantitative estimate of drug-likeness (QED) is 0.889. The van der Waals surface area contributed by atoms with E-state index in [-0.39, 0.29) is 30.5 Å². The summed E-state index contributed by atoms with van der Waals surface area (Å²) in [7, 11) is 0. The molecule has 138 valence electrons. The Morgan fingerprint density at radius 1 is 1.15 bits per heavy atom. The summed E-state index contributed by atoms with van der Waals surface area (Å²) in [6.45, 7) is 5.56. The van der Waals surface area contributed by atoms with Crippen molar-refractivity contribution in [1.29, 1.82) is 0 Å².